The third-order valence-corrected chi connectivity index (χ3v) is 7.08. The Balaban J connectivity index is 1.62. The summed E-state index contributed by atoms with van der Waals surface area (Å²) >= 11 is 0. The zero-order chi connectivity index (χ0) is 23.6. The van der Waals surface area contributed by atoms with Crippen molar-refractivity contribution in [2.45, 2.75) is 58.4 Å². The number of hydrazone groups is 1. The summed E-state index contributed by atoms with van der Waals surface area (Å²) in [5.41, 5.74) is 1.16. The van der Waals surface area contributed by atoms with Crippen LogP contribution in [0.1, 0.15) is 63.1 Å². The fraction of sp³-hybridized carbons (Fsp3) is 0.444. The van der Waals surface area contributed by atoms with Crippen LogP contribution < -0.4 is 0 Å². The van der Waals surface area contributed by atoms with Crippen molar-refractivity contribution in [1.29, 1.82) is 0 Å². The molecule has 1 unspecified atom stereocenters. The molecule has 6 nitrogen and oxygen atoms in total. The van der Waals surface area contributed by atoms with Crippen LogP contribution in [0.4, 0.5) is 0 Å². The van der Waals surface area contributed by atoms with Crippen LogP contribution >= 0.6 is 0 Å². The van der Waals surface area contributed by atoms with Crippen LogP contribution in [0.5, 0.6) is 0 Å². The van der Waals surface area contributed by atoms with E-state index in [1.165, 1.54) is 5.01 Å². The number of benzene rings is 2. The van der Waals surface area contributed by atoms with Gasteiger partial charge in [0.2, 0.25) is 5.90 Å². The van der Waals surface area contributed by atoms with Crippen molar-refractivity contribution in [1.82, 2.24) is 5.01 Å². The first-order chi connectivity index (χ1) is 15.7. The summed E-state index contributed by atoms with van der Waals surface area (Å²) in [7, 11) is 0. The molecular weight excluding hydrogens is 416 g/mol. The Morgan fingerprint density at radius 3 is 2.27 bits per heavy atom. The van der Waals surface area contributed by atoms with Crippen molar-refractivity contribution in [3.63, 3.8) is 0 Å². The van der Waals surface area contributed by atoms with Crippen molar-refractivity contribution in [2.75, 3.05) is 6.61 Å². The minimum absolute atomic E-state index is 0.0559. The van der Waals surface area contributed by atoms with Crippen LogP contribution in [-0.2, 0) is 26.3 Å². The van der Waals surface area contributed by atoms with Gasteiger partial charge in [-0.1, -0.05) is 76.1 Å². The lowest BCUT2D eigenvalue weighted by atomic mass is 9.55. The van der Waals surface area contributed by atoms with Gasteiger partial charge in [0.15, 0.2) is 6.61 Å². The Labute approximate surface area is 195 Å². The number of carboxylic acids is 1. The van der Waals surface area contributed by atoms with Gasteiger partial charge in [0.25, 0.3) is 5.91 Å². The highest BCUT2D eigenvalue weighted by Gasteiger charge is 2.55. The van der Waals surface area contributed by atoms with Crippen molar-refractivity contribution in [3.05, 3.63) is 71.3 Å². The summed E-state index contributed by atoms with van der Waals surface area (Å²) in [5.74, 6) is -0.431. The Bertz CT molecular complexity index is 1030. The molecule has 1 aliphatic heterocycles. The summed E-state index contributed by atoms with van der Waals surface area (Å²) in [6.45, 7) is 6.33. The van der Waals surface area contributed by atoms with E-state index in [4.69, 9.17) is 4.74 Å². The maximum Gasteiger partial charge on any atom is 0.314 e. The van der Waals surface area contributed by atoms with E-state index in [9.17, 15) is 14.7 Å². The third-order valence-electron chi connectivity index (χ3n) is 7.08. The molecule has 1 saturated carbocycles. The topological polar surface area (TPSA) is 79.2 Å². The summed E-state index contributed by atoms with van der Waals surface area (Å²) in [4.78, 5) is 25.2. The first-order valence-corrected chi connectivity index (χ1v) is 11.6. The second-order valence-electron chi connectivity index (χ2n) is 10.1. The Morgan fingerprint density at radius 2 is 1.70 bits per heavy atom. The van der Waals surface area contributed by atoms with Crippen LogP contribution in [-0.4, -0.2) is 34.5 Å². The number of hydrogen-bond donors (Lipinski definition) is 1. The molecule has 0 saturated heterocycles. The molecule has 2 aromatic rings. The molecule has 1 atom stereocenters. The first kappa shape index (κ1) is 23.0. The maximum atomic E-state index is 12.8. The molecule has 2 aliphatic rings. The van der Waals surface area contributed by atoms with E-state index in [2.05, 4.69) is 5.10 Å². The number of carbonyl (C=O) groups excluding carboxylic acids is 1. The minimum atomic E-state index is -0.949. The van der Waals surface area contributed by atoms with Gasteiger partial charge in [0, 0.05) is 5.56 Å². The van der Waals surface area contributed by atoms with Crippen molar-refractivity contribution < 1.29 is 19.4 Å². The Morgan fingerprint density at radius 1 is 1.06 bits per heavy atom. The standard InChI is InChI=1S/C27H32N2O4/c1-26(2,3)27(25(31)32,21-11-7-8-12-21)22-15-13-19(14-16-22)17-29-23(30)18-33-24(28-29)20-9-5-4-6-10-20/h4-6,9-10,13-16,21H,7-8,11-12,17-18H2,1-3H3,(H,31,32). The average Bonchev–Trinajstić information content (AvgIpc) is 3.31. The molecule has 1 N–H and O–H groups in total. The average molecular weight is 449 g/mol. The van der Waals surface area contributed by atoms with Crippen LogP contribution in [0.25, 0.3) is 0 Å². The molecular formula is C27H32N2O4. The van der Waals surface area contributed by atoms with Gasteiger partial charge in [-0.3, -0.25) is 9.59 Å². The molecule has 1 aliphatic carbocycles. The van der Waals surface area contributed by atoms with Crippen molar-refractivity contribution in [3.8, 4) is 0 Å². The van der Waals surface area contributed by atoms with Gasteiger partial charge in [-0.05, 0) is 47.4 Å². The lowest BCUT2D eigenvalue weighted by Gasteiger charge is -2.46. The van der Waals surface area contributed by atoms with Crippen molar-refractivity contribution >= 4 is 17.8 Å². The van der Waals surface area contributed by atoms with Crippen LogP contribution in [0.3, 0.4) is 0 Å². The number of hydrogen-bond acceptors (Lipinski definition) is 4. The van der Waals surface area contributed by atoms with E-state index in [0.29, 0.717) is 12.4 Å². The number of nitrogens with zero attached hydrogens (tertiary/aromatic N) is 2. The molecule has 6 heteroatoms. The fourth-order valence-electron chi connectivity index (χ4n) is 5.55. The number of aliphatic carboxylic acids is 1. The monoisotopic (exact) mass is 448 g/mol. The highest BCUT2D eigenvalue weighted by molar-refractivity contribution is 5.97. The smallest absolute Gasteiger partial charge is 0.314 e. The lowest BCUT2D eigenvalue weighted by molar-refractivity contribution is -0.152. The fourth-order valence-corrected chi connectivity index (χ4v) is 5.55. The highest BCUT2D eigenvalue weighted by atomic mass is 16.5. The largest absolute Gasteiger partial charge is 0.481 e. The first-order valence-electron chi connectivity index (χ1n) is 11.6. The highest BCUT2D eigenvalue weighted by Crippen LogP contribution is 2.52. The van der Waals surface area contributed by atoms with E-state index in [1.807, 2.05) is 75.4 Å². The number of amides is 1. The van der Waals surface area contributed by atoms with E-state index in [1.54, 1.807) is 0 Å². The van der Waals surface area contributed by atoms with Crippen molar-refractivity contribution in [2.24, 2.45) is 16.4 Å². The molecule has 1 heterocycles. The van der Waals surface area contributed by atoms with Gasteiger partial charge in [-0.25, -0.2) is 5.01 Å². The van der Waals surface area contributed by atoms with E-state index in [-0.39, 0.29) is 18.4 Å². The second-order valence-corrected chi connectivity index (χ2v) is 10.1. The van der Waals surface area contributed by atoms with Gasteiger partial charge in [-0.2, -0.15) is 0 Å². The summed E-state index contributed by atoms with van der Waals surface area (Å²) in [6.07, 6.45) is 4.03. The predicted octanol–water partition coefficient (Wildman–Crippen LogP) is 4.97. The van der Waals surface area contributed by atoms with E-state index >= 15 is 0 Å². The molecule has 0 spiro atoms. The zero-order valence-corrected chi connectivity index (χ0v) is 19.6. The zero-order valence-electron chi connectivity index (χ0n) is 19.6. The van der Waals surface area contributed by atoms with Crippen LogP contribution in [0.15, 0.2) is 59.7 Å². The number of carboxylic acid groups (broad SMARTS) is 1. The normalized spacial score (nSPS) is 19.1. The number of carbonyl (C=O) groups is 2. The minimum Gasteiger partial charge on any atom is -0.481 e. The third kappa shape index (κ3) is 4.26. The second kappa shape index (κ2) is 9.00. The van der Waals surface area contributed by atoms with Crippen LogP contribution in [0, 0.1) is 11.3 Å². The Hall–Kier alpha value is -3.15. The molecule has 1 fully saturated rings. The molecule has 1 amide bonds. The van der Waals surface area contributed by atoms with Crippen LogP contribution in [0.2, 0.25) is 0 Å². The van der Waals surface area contributed by atoms with Gasteiger partial charge < -0.3 is 9.84 Å². The summed E-state index contributed by atoms with van der Waals surface area (Å²) < 4.78 is 5.52. The van der Waals surface area contributed by atoms with Gasteiger partial charge >= 0.3 is 5.97 Å². The van der Waals surface area contributed by atoms with E-state index < -0.39 is 16.8 Å². The molecule has 174 valence electrons. The summed E-state index contributed by atoms with van der Waals surface area (Å²) in [6, 6.07) is 17.2. The lowest BCUT2D eigenvalue weighted by Crippen LogP contribution is -2.52. The van der Waals surface area contributed by atoms with E-state index in [0.717, 1.165) is 42.4 Å². The molecule has 0 bridgehead atoms. The maximum absolute atomic E-state index is 12.8. The predicted molar refractivity (Wildman–Crippen MR) is 127 cm³/mol. The van der Waals surface area contributed by atoms with Gasteiger partial charge in [0.1, 0.15) is 5.41 Å². The number of rotatable bonds is 6. The molecule has 0 aromatic heterocycles. The van der Waals surface area contributed by atoms with Gasteiger partial charge in [-0.15, -0.1) is 5.10 Å². The molecule has 33 heavy (non-hydrogen) atoms. The number of ether oxygens (including phenoxy) is 1. The quantitative estimate of drug-likeness (QED) is 0.677. The SMILES string of the molecule is CC(C)(C)C(C(=O)O)(c1ccc(CN2N=C(c3ccccc3)OCC2=O)cc1)C1CCCC1. The molecule has 4 rings (SSSR count). The summed E-state index contributed by atoms with van der Waals surface area (Å²) in [5, 5.41) is 16.3. The molecule has 0 radical (unpaired) electrons. The van der Waals surface area contributed by atoms with Gasteiger partial charge in [0.05, 0.1) is 6.54 Å². The molecule has 2 aromatic carbocycles. The Kier molecular flexibility index (Phi) is 6.28.